The fourth-order valence-corrected chi connectivity index (χ4v) is 7.75. The SMILES string of the molecule is CN(CC(CCN1CCC2(CC1)CN(S(C)(=O)=O)c1ccccc12)c1ccc(Cl)c(Cl)c1)C(=O)c1cccc(C(F)(F)F)c1. The minimum Gasteiger partial charge on any atom is -0.341 e. The number of fused-ring (bicyclic) bond motifs is 2. The van der Waals surface area contributed by atoms with Crippen molar-refractivity contribution >= 4 is 44.8 Å². The van der Waals surface area contributed by atoms with E-state index in [1.807, 2.05) is 30.3 Å². The van der Waals surface area contributed by atoms with E-state index in [-0.39, 0.29) is 23.4 Å². The topological polar surface area (TPSA) is 60.9 Å². The van der Waals surface area contributed by atoms with Crippen molar-refractivity contribution in [1.29, 1.82) is 0 Å². The molecule has 5 rings (SSSR count). The Morgan fingerprint density at radius 1 is 1.00 bits per heavy atom. The van der Waals surface area contributed by atoms with E-state index >= 15 is 0 Å². The summed E-state index contributed by atoms with van der Waals surface area (Å²) in [5, 5.41) is 0.792. The van der Waals surface area contributed by atoms with Gasteiger partial charge in [-0.1, -0.05) is 53.5 Å². The molecule has 0 saturated carbocycles. The molecule has 0 N–H and O–H groups in total. The van der Waals surface area contributed by atoms with Gasteiger partial charge in [-0.3, -0.25) is 9.10 Å². The van der Waals surface area contributed by atoms with Gasteiger partial charge in [0.2, 0.25) is 10.0 Å². The quantitative estimate of drug-likeness (QED) is 0.258. The van der Waals surface area contributed by atoms with Gasteiger partial charge in [0.05, 0.1) is 27.6 Å². The van der Waals surface area contributed by atoms with Gasteiger partial charge in [0.15, 0.2) is 0 Å². The molecule has 6 nitrogen and oxygen atoms in total. The molecule has 3 aromatic rings. The molecule has 2 aliphatic heterocycles. The van der Waals surface area contributed by atoms with E-state index in [9.17, 15) is 26.4 Å². The molecule has 3 aromatic carbocycles. The van der Waals surface area contributed by atoms with Crippen LogP contribution in [0.25, 0.3) is 0 Å². The van der Waals surface area contributed by atoms with E-state index in [2.05, 4.69) is 4.90 Å². The normalized spacial score (nSPS) is 17.5. The first-order chi connectivity index (χ1) is 20.7. The highest BCUT2D eigenvalue weighted by molar-refractivity contribution is 7.92. The van der Waals surface area contributed by atoms with Crippen molar-refractivity contribution in [3.8, 4) is 0 Å². The van der Waals surface area contributed by atoms with Crippen molar-refractivity contribution < 1.29 is 26.4 Å². The molecule has 1 atom stereocenters. The zero-order chi connectivity index (χ0) is 31.9. The molecule has 0 aliphatic carbocycles. The lowest BCUT2D eigenvalue weighted by Gasteiger charge is -2.40. The molecule has 44 heavy (non-hydrogen) atoms. The second-order valence-corrected chi connectivity index (χ2v) is 14.6. The third-order valence-corrected chi connectivity index (χ3v) is 10.8. The number of hydrogen-bond acceptors (Lipinski definition) is 4. The maximum absolute atomic E-state index is 13.3. The van der Waals surface area contributed by atoms with Crippen molar-refractivity contribution in [3.05, 3.63) is 99.0 Å². The van der Waals surface area contributed by atoms with Crippen molar-refractivity contribution in [2.24, 2.45) is 0 Å². The molecule has 2 aliphatic rings. The number of carbonyl (C=O) groups is 1. The van der Waals surface area contributed by atoms with Gasteiger partial charge < -0.3 is 9.80 Å². The fraction of sp³-hybridized carbons (Fsp3) is 0.406. The van der Waals surface area contributed by atoms with Crippen LogP contribution < -0.4 is 4.31 Å². The average Bonchev–Trinajstić information content (AvgIpc) is 3.31. The second kappa shape index (κ2) is 12.5. The summed E-state index contributed by atoms with van der Waals surface area (Å²) in [5.41, 5.74) is 1.58. The molecule has 1 amide bonds. The minimum absolute atomic E-state index is 0.0310. The maximum atomic E-state index is 13.3. The Balaban J connectivity index is 1.29. The zero-order valence-corrected chi connectivity index (χ0v) is 26.8. The average molecular weight is 669 g/mol. The summed E-state index contributed by atoms with van der Waals surface area (Å²) >= 11 is 12.5. The predicted octanol–water partition coefficient (Wildman–Crippen LogP) is 7.07. The summed E-state index contributed by atoms with van der Waals surface area (Å²) < 4.78 is 66.4. The smallest absolute Gasteiger partial charge is 0.341 e. The predicted molar refractivity (Wildman–Crippen MR) is 168 cm³/mol. The van der Waals surface area contributed by atoms with Gasteiger partial charge in [-0.05, 0) is 86.4 Å². The molecule has 1 saturated heterocycles. The molecule has 236 valence electrons. The second-order valence-electron chi connectivity index (χ2n) is 11.8. The van der Waals surface area contributed by atoms with E-state index in [1.54, 1.807) is 19.2 Å². The Bertz CT molecular complexity index is 1640. The first-order valence-electron chi connectivity index (χ1n) is 14.4. The molecule has 0 radical (unpaired) electrons. The number of hydrogen-bond donors (Lipinski definition) is 0. The number of halogens is 5. The monoisotopic (exact) mass is 667 g/mol. The molecule has 0 bridgehead atoms. The maximum Gasteiger partial charge on any atom is 0.416 e. The number of amides is 1. The van der Waals surface area contributed by atoms with Crippen LogP contribution in [0.15, 0.2) is 66.7 Å². The third-order valence-electron chi connectivity index (χ3n) is 8.89. The Morgan fingerprint density at radius 3 is 2.36 bits per heavy atom. The summed E-state index contributed by atoms with van der Waals surface area (Å²) in [6, 6.07) is 17.5. The largest absolute Gasteiger partial charge is 0.416 e. The molecular weight excluding hydrogens is 634 g/mol. The number of alkyl halides is 3. The standard InChI is InChI=1S/C32H34Cl2F3N3O3S/c1-38(30(41)23-6-5-7-25(18-23)32(35,36)37)20-24(22-10-11-27(33)28(34)19-22)12-15-39-16-13-31(14-17-39)21-40(44(2,42)43)29-9-4-3-8-26(29)31/h3-11,18-19,24H,12-17,20-21H2,1-2H3. The van der Waals surface area contributed by atoms with Crippen LogP contribution >= 0.6 is 23.2 Å². The van der Waals surface area contributed by atoms with Crippen LogP contribution in [0, 0.1) is 0 Å². The number of rotatable bonds is 8. The summed E-state index contributed by atoms with van der Waals surface area (Å²) in [6.07, 6.45) is -1.02. The Morgan fingerprint density at radius 2 is 1.70 bits per heavy atom. The van der Waals surface area contributed by atoms with E-state index in [0.29, 0.717) is 29.6 Å². The van der Waals surface area contributed by atoms with Crippen molar-refractivity contribution in [2.45, 2.75) is 36.8 Å². The molecular formula is C32H34Cl2F3N3O3S. The minimum atomic E-state index is -4.55. The Kier molecular flexibility index (Phi) is 9.29. The summed E-state index contributed by atoms with van der Waals surface area (Å²) in [7, 11) is -1.81. The van der Waals surface area contributed by atoms with Crippen LogP contribution in [0.1, 0.15) is 52.2 Å². The van der Waals surface area contributed by atoms with Gasteiger partial charge in [-0.2, -0.15) is 13.2 Å². The van der Waals surface area contributed by atoms with Gasteiger partial charge in [0.1, 0.15) is 0 Å². The number of sulfonamides is 1. The Labute approximate surface area is 266 Å². The number of para-hydroxylation sites is 1. The molecule has 1 fully saturated rings. The van der Waals surface area contributed by atoms with E-state index < -0.39 is 27.7 Å². The number of likely N-dealkylation sites (tertiary alicyclic amines) is 1. The van der Waals surface area contributed by atoms with Crippen LogP contribution in [-0.4, -0.2) is 70.2 Å². The number of nitrogens with zero attached hydrogens (tertiary/aromatic N) is 3. The summed E-state index contributed by atoms with van der Waals surface area (Å²) in [5.74, 6) is -0.662. The van der Waals surface area contributed by atoms with Crippen molar-refractivity contribution in [3.63, 3.8) is 0 Å². The molecule has 0 aromatic heterocycles. The summed E-state index contributed by atoms with van der Waals surface area (Å²) in [6.45, 7) is 2.97. The number of piperidine rings is 1. The molecule has 1 unspecified atom stereocenters. The van der Waals surface area contributed by atoms with Crippen molar-refractivity contribution in [1.82, 2.24) is 9.80 Å². The van der Waals surface area contributed by atoms with Crippen LogP contribution in [0.5, 0.6) is 0 Å². The third kappa shape index (κ3) is 6.88. The first-order valence-corrected chi connectivity index (χ1v) is 17.0. The van der Waals surface area contributed by atoms with Crippen LogP contribution in [0.3, 0.4) is 0 Å². The lowest BCUT2D eigenvalue weighted by atomic mass is 9.74. The number of anilines is 1. The van der Waals surface area contributed by atoms with E-state index in [0.717, 1.165) is 54.9 Å². The first kappa shape index (κ1) is 32.6. The van der Waals surface area contributed by atoms with Gasteiger partial charge in [0, 0.05) is 37.0 Å². The van der Waals surface area contributed by atoms with Crippen molar-refractivity contribution in [2.75, 3.05) is 50.3 Å². The molecule has 1 spiro atoms. The highest BCUT2D eigenvalue weighted by Gasteiger charge is 2.46. The zero-order valence-electron chi connectivity index (χ0n) is 24.4. The molecule has 12 heteroatoms. The number of carbonyl (C=O) groups excluding carboxylic acids is 1. The number of likely N-dealkylation sites (N-methyl/N-ethyl adjacent to an activating group) is 1. The molecule has 2 heterocycles. The summed E-state index contributed by atoms with van der Waals surface area (Å²) in [4.78, 5) is 17.0. The van der Waals surface area contributed by atoms with E-state index in [4.69, 9.17) is 23.2 Å². The number of benzene rings is 3. The van der Waals surface area contributed by atoms with Gasteiger partial charge in [0.25, 0.3) is 5.91 Å². The lowest BCUT2D eigenvalue weighted by molar-refractivity contribution is -0.137. The lowest BCUT2D eigenvalue weighted by Crippen LogP contribution is -2.46. The van der Waals surface area contributed by atoms with Gasteiger partial charge in [-0.25, -0.2) is 8.42 Å². The Hall–Kier alpha value is -2.79. The van der Waals surface area contributed by atoms with Crippen LogP contribution in [0.2, 0.25) is 10.0 Å². The fourth-order valence-electron chi connectivity index (χ4n) is 6.44. The van der Waals surface area contributed by atoms with Gasteiger partial charge in [-0.15, -0.1) is 0 Å². The highest BCUT2D eigenvalue weighted by Crippen LogP contribution is 2.48. The van der Waals surface area contributed by atoms with E-state index in [1.165, 1.54) is 27.6 Å². The van der Waals surface area contributed by atoms with Crippen LogP contribution in [-0.2, 0) is 21.6 Å². The highest BCUT2D eigenvalue weighted by atomic mass is 35.5. The van der Waals surface area contributed by atoms with Crippen LogP contribution in [0.4, 0.5) is 18.9 Å². The van der Waals surface area contributed by atoms with Gasteiger partial charge >= 0.3 is 6.18 Å².